The van der Waals surface area contributed by atoms with Gasteiger partial charge in [-0.2, -0.15) is 0 Å². The number of benzene rings is 1. The van der Waals surface area contributed by atoms with Gasteiger partial charge in [-0.1, -0.05) is 6.07 Å². The third-order valence-electron chi connectivity index (χ3n) is 4.08. The number of carbonyl (C=O) groups is 1. The summed E-state index contributed by atoms with van der Waals surface area (Å²) in [4.78, 5) is 23.0. The lowest BCUT2D eigenvalue weighted by molar-refractivity contribution is 0.104. The molecule has 0 aliphatic rings. The van der Waals surface area contributed by atoms with Crippen molar-refractivity contribution in [1.29, 1.82) is 0 Å². The maximum absolute atomic E-state index is 12.8. The van der Waals surface area contributed by atoms with Gasteiger partial charge in [0.05, 0.1) is 24.2 Å². The molecule has 0 saturated heterocycles. The van der Waals surface area contributed by atoms with Crippen molar-refractivity contribution >= 4 is 33.0 Å². The Morgan fingerprint density at radius 2 is 1.85 bits per heavy atom. The Morgan fingerprint density at radius 3 is 2.54 bits per heavy atom. The number of ether oxygens (including phenoxy) is 1. The van der Waals surface area contributed by atoms with Gasteiger partial charge < -0.3 is 10.5 Å². The zero-order valence-electron chi connectivity index (χ0n) is 14.0. The normalized spacial score (nSPS) is 10.8. The lowest BCUT2D eigenvalue weighted by atomic mass is 10.1. The van der Waals surface area contributed by atoms with Gasteiger partial charge >= 0.3 is 0 Å². The van der Waals surface area contributed by atoms with E-state index in [1.165, 1.54) is 11.3 Å². The van der Waals surface area contributed by atoms with Crippen LogP contribution in [0, 0.1) is 0 Å². The van der Waals surface area contributed by atoms with Crippen molar-refractivity contribution < 1.29 is 9.53 Å². The molecule has 0 amide bonds. The fourth-order valence-electron chi connectivity index (χ4n) is 2.70. The molecule has 0 aliphatic heterocycles. The SMILES string of the molecule is COc1ccc(C(=O)c2sc3nc(-c4ccccn4)ccc3c2N)cc1. The molecule has 0 spiro atoms. The Bertz CT molecular complexity index is 1090. The zero-order valence-corrected chi connectivity index (χ0v) is 14.8. The van der Waals surface area contributed by atoms with Crippen LogP contribution >= 0.6 is 11.3 Å². The summed E-state index contributed by atoms with van der Waals surface area (Å²) >= 11 is 1.30. The van der Waals surface area contributed by atoms with E-state index in [0.717, 1.165) is 21.6 Å². The van der Waals surface area contributed by atoms with Crippen LogP contribution in [0.25, 0.3) is 21.6 Å². The van der Waals surface area contributed by atoms with Crippen LogP contribution < -0.4 is 10.5 Å². The van der Waals surface area contributed by atoms with Gasteiger partial charge in [-0.15, -0.1) is 11.3 Å². The molecule has 0 atom stereocenters. The molecule has 0 radical (unpaired) electrons. The second kappa shape index (κ2) is 6.57. The topological polar surface area (TPSA) is 78.1 Å². The number of carbonyl (C=O) groups excluding carboxylic acids is 1. The van der Waals surface area contributed by atoms with Gasteiger partial charge in [0.2, 0.25) is 5.78 Å². The Morgan fingerprint density at radius 1 is 1.04 bits per heavy atom. The molecular weight excluding hydrogens is 346 g/mol. The number of thiophene rings is 1. The first kappa shape index (κ1) is 16.2. The molecular formula is C20H15N3O2S. The molecule has 4 aromatic rings. The van der Waals surface area contributed by atoms with E-state index in [1.807, 2.05) is 30.3 Å². The lowest BCUT2D eigenvalue weighted by Crippen LogP contribution is -2.01. The van der Waals surface area contributed by atoms with E-state index in [0.29, 0.717) is 21.9 Å². The molecule has 0 fully saturated rings. The van der Waals surface area contributed by atoms with E-state index in [4.69, 9.17) is 10.5 Å². The molecule has 2 N–H and O–H groups in total. The molecule has 4 rings (SSSR count). The van der Waals surface area contributed by atoms with Crippen molar-refractivity contribution in [2.24, 2.45) is 0 Å². The second-order valence-corrected chi connectivity index (χ2v) is 6.67. The van der Waals surface area contributed by atoms with Crippen LogP contribution in [-0.2, 0) is 0 Å². The molecule has 3 heterocycles. The van der Waals surface area contributed by atoms with Gasteiger partial charge in [0.25, 0.3) is 0 Å². The van der Waals surface area contributed by atoms with E-state index in [1.54, 1.807) is 37.6 Å². The summed E-state index contributed by atoms with van der Waals surface area (Å²) in [5.41, 5.74) is 8.79. The van der Waals surface area contributed by atoms with Crippen LogP contribution in [0.15, 0.2) is 60.8 Å². The minimum Gasteiger partial charge on any atom is -0.497 e. The molecule has 0 saturated carbocycles. The predicted molar refractivity (Wildman–Crippen MR) is 104 cm³/mol. The third-order valence-corrected chi connectivity index (χ3v) is 5.19. The van der Waals surface area contributed by atoms with Crippen molar-refractivity contribution in [3.8, 4) is 17.1 Å². The van der Waals surface area contributed by atoms with Gasteiger partial charge in [0.1, 0.15) is 15.5 Å². The number of nitrogens with zero attached hydrogens (tertiary/aromatic N) is 2. The molecule has 3 aromatic heterocycles. The molecule has 128 valence electrons. The van der Waals surface area contributed by atoms with Gasteiger partial charge in [-0.3, -0.25) is 9.78 Å². The van der Waals surface area contributed by atoms with Crippen molar-refractivity contribution in [2.75, 3.05) is 12.8 Å². The fraction of sp³-hybridized carbons (Fsp3) is 0.0500. The summed E-state index contributed by atoms with van der Waals surface area (Å²) in [6, 6.07) is 16.4. The number of ketones is 1. The van der Waals surface area contributed by atoms with Crippen LogP contribution in [0.2, 0.25) is 0 Å². The Kier molecular flexibility index (Phi) is 4.10. The van der Waals surface area contributed by atoms with Crippen molar-refractivity contribution in [1.82, 2.24) is 9.97 Å². The second-order valence-electron chi connectivity index (χ2n) is 5.67. The molecule has 0 unspecified atom stereocenters. The number of pyridine rings is 2. The standard InChI is InChI=1S/C20H15N3O2S/c1-25-13-7-5-12(6-8-13)18(24)19-17(21)14-9-10-16(23-20(14)26-19)15-4-2-3-11-22-15/h2-11H,21H2,1H3. The molecule has 1 aromatic carbocycles. The van der Waals surface area contributed by atoms with Crippen LogP contribution in [0.3, 0.4) is 0 Å². The highest BCUT2D eigenvalue weighted by Gasteiger charge is 2.19. The molecule has 5 nitrogen and oxygen atoms in total. The first-order chi connectivity index (χ1) is 12.7. The van der Waals surface area contributed by atoms with Crippen molar-refractivity contribution in [3.63, 3.8) is 0 Å². The predicted octanol–water partition coefficient (Wildman–Crippen LogP) is 4.18. The van der Waals surface area contributed by atoms with Crippen LogP contribution in [0.1, 0.15) is 15.2 Å². The number of aromatic nitrogens is 2. The molecule has 26 heavy (non-hydrogen) atoms. The number of methoxy groups -OCH3 is 1. The summed E-state index contributed by atoms with van der Waals surface area (Å²) in [5, 5.41) is 0.784. The number of nitrogens with two attached hydrogens (primary N) is 1. The van der Waals surface area contributed by atoms with Gasteiger partial charge in [0, 0.05) is 17.1 Å². The Hall–Kier alpha value is -3.25. The lowest BCUT2D eigenvalue weighted by Gasteiger charge is -2.02. The minimum absolute atomic E-state index is 0.118. The maximum Gasteiger partial charge on any atom is 0.205 e. The third kappa shape index (κ3) is 2.80. The van der Waals surface area contributed by atoms with E-state index < -0.39 is 0 Å². The number of nitrogen functional groups attached to an aromatic ring is 1. The summed E-state index contributed by atoms with van der Waals surface area (Å²) < 4.78 is 5.13. The van der Waals surface area contributed by atoms with Gasteiger partial charge in [0.15, 0.2) is 0 Å². The monoisotopic (exact) mass is 361 g/mol. The maximum atomic E-state index is 12.8. The fourth-order valence-corrected chi connectivity index (χ4v) is 3.75. The quantitative estimate of drug-likeness (QED) is 0.552. The molecule has 6 heteroatoms. The average Bonchev–Trinajstić information content (AvgIpc) is 3.04. The molecule has 0 bridgehead atoms. The molecule has 0 aliphatic carbocycles. The zero-order chi connectivity index (χ0) is 18.1. The van der Waals surface area contributed by atoms with Gasteiger partial charge in [-0.25, -0.2) is 4.98 Å². The Balaban J connectivity index is 1.76. The number of hydrogen-bond acceptors (Lipinski definition) is 6. The highest BCUT2D eigenvalue weighted by Crippen LogP contribution is 2.35. The van der Waals surface area contributed by atoms with Crippen molar-refractivity contribution in [2.45, 2.75) is 0 Å². The Labute approximate surface area is 154 Å². The summed E-state index contributed by atoms with van der Waals surface area (Å²) in [5.74, 6) is 0.583. The number of hydrogen-bond donors (Lipinski definition) is 1. The van der Waals surface area contributed by atoms with E-state index in [9.17, 15) is 4.79 Å². The number of anilines is 1. The van der Waals surface area contributed by atoms with Crippen LogP contribution in [-0.4, -0.2) is 22.9 Å². The first-order valence-electron chi connectivity index (χ1n) is 7.96. The van der Waals surface area contributed by atoms with Crippen molar-refractivity contribution in [3.05, 3.63) is 71.2 Å². The van der Waals surface area contributed by atoms with Gasteiger partial charge in [-0.05, 0) is 48.5 Å². The highest BCUT2D eigenvalue weighted by atomic mass is 32.1. The van der Waals surface area contributed by atoms with E-state index in [-0.39, 0.29) is 5.78 Å². The minimum atomic E-state index is -0.118. The largest absolute Gasteiger partial charge is 0.497 e. The summed E-state index contributed by atoms with van der Waals surface area (Å²) in [6.07, 6.45) is 1.72. The average molecular weight is 361 g/mol. The van der Waals surface area contributed by atoms with Crippen LogP contribution in [0.4, 0.5) is 5.69 Å². The van der Waals surface area contributed by atoms with E-state index >= 15 is 0 Å². The summed E-state index contributed by atoms with van der Waals surface area (Å²) in [6.45, 7) is 0. The number of fused-ring (bicyclic) bond motifs is 1. The van der Waals surface area contributed by atoms with E-state index in [2.05, 4.69) is 9.97 Å². The number of rotatable bonds is 4. The van der Waals surface area contributed by atoms with Crippen LogP contribution in [0.5, 0.6) is 5.75 Å². The smallest absolute Gasteiger partial charge is 0.205 e. The summed E-state index contributed by atoms with van der Waals surface area (Å²) in [7, 11) is 1.59. The highest BCUT2D eigenvalue weighted by molar-refractivity contribution is 7.21. The first-order valence-corrected chi connectivity index (χ1v) is 8.78.